The second-order valence-electron chi connectivity index (χ2n) is 3.79. The molecule has 0 unspecified atom stereocenters. The van der Waals surface area contributed by atoms with Crippen molar-refractivity contribution < 1.29 is 13.5 Å². The van der Waals surface area contributed by atoms with Crippen LogP contribution in [0, 0.1) is 12.7 Å². The van der Waals surface area contributed by atoms with Gasteiger partial charge in [0.2, 0.25) is 5.89 Å². The van der Waals surface area contributed by atoms with Crippen molar-refractivity contribution >= 4 is 11.4 Å². The van der Waals surface area contributed by atoms with Gasteiger partial charge in [-0.3, -0.25) is 0 Å². The lowest BCUT2D eigenvalue weighted by molar-refractivity contribution is 0.387. The number of nitrogen functional groups attached to an aromatic ring is 1. The fourth-order valence-corrected chi connectivity index (χ4v) is 1.53. The Morgan fingerprint density at radius 2 is 2.28 bits per heavy atom. The fourth-order valence-electron chi connectivity index (χ4n) is 1.53. The molecule has 0 atom stereocenters. The van der Waals surface area contributed by atoms with Crippen molar-refractivity contribution in [3.05, 3.63) is 35.8 Å². The lowest BCUT2D eigenvalue weighted by atomic mass is 10.2. The van der Waals surface area contributed by atoms with Gasteiger partial charge in [0.05, 0.1) is 31.2 Å². The minimum Gasteiger partial charge on any atom is -0.494 e. The van der Waals surface area contributed by atoms with E-state index < -0.39 is 5.82 Å². The molecule has 0 bridgehead atoms. The number of nitrogens with zero attached hydrogens (tertiary/aromatic N) is 1. The SMILES string of the molecule is COc1cc(NCc2ncc(C)o2)c(N)cc1F. The monoisotopic (exact) mass is 251 g/mol. The molecule has 0 aliphatic rings. The van der Waals surface area contributed by atoms with Gasteiger partial charge in [0, 0.05) is 12.1 Å². The third kappa shape index (κ3) is 2.53. The van der Waals surface area contributed by atoms with Crippen LogP contribution in [0.25, 0.3) is 0 Å². The summed E-state index contributed by atoms with van der Waals surface area (Å²) in [6.45, 7) is 2.18. The van der Waals surface area contributed by atoms with Crippen molar-refractivity contribution in [2.24, 2.45) is 0 Å². The second kappa shape index (κ2) is 4.95. The molecule has 0 spiro atoms. The summed E-state index contributed by atoms with van der Waals surface area (Å²) in [5.41, 5.74) is 6.58. The number of oxazole rings is 1. The van der Waals surface area contributed by atoms with E-state index in [-0.39, 0.29) is 5.75 Å². The number of aryl methyl sites for hydroxylation is 1. The number of benzene rings is 1. The first-order valence-corrected chi connectivity index (χ1v) is 5.38. The molecular weight excluding hydrogens is 237 g/mol. The van der Waals surface area contributed by atoms with E-state index >= 15 is 0 Å². The molecule has 5 nitrogen and oxygen atoms in total. The Kier molecular flexibility index (Phi) is 3.36. The number of nitrogens with one attached hydrogen (secondary N) is 1. The highest BCUT2D eigenvalue weighted by Gasteiger charge is 2.09. The Morgan fingerprint density at radius 1 is 1.50 bits per heavy atom. The molecule has 18 heavy (non-hydrogen) atoms. The van der Waals surface area contributed by atoms with E-state index in [2.05, 4.69) is 10.3 Å². The molecule has 0 saturated carbocycles. The highest BCUT2D eigenvalue weighted by atomic mass is 19.1. The van der Waals surface area contributed by atoms with Crippen LogP contribution in [0.2, 0.25) is 0 Å². The largest absolute Gasteiger partial charge is 0.494 e. The van der Waals surface area contributed by atoms with Gasteiger partial charge in [-0.05, 0) is 6.92 Å². The van der Waals surface area contributed by atoms with Gasteiger partial charge < -0.3 is 20.2 Å². The Hall–Kier alpha value is -2.24. The van der Waals surface area contributed by atoms with Crippen molar-refractivity contribution in [2.75, 3.05) is 18.2 Å². The number of nitrogens with two attached hydrogens (primary N) is 1. The molecule has 0 aliphatic heterocycles. The van der Waals surface area contributed by atoms with Gasteiger partial charge in [0.1, 0.15) is 5.76 Å². The molecule has 6 heteroatoms. The normalized spacial score (nSPS) is 10.4. The van der Waals surface area contributed by atoms with E-state index in [0.29, 0.717) is 23.8 Å². The lowest BCUT2D eigenvalue weighted by Crippen LogP contribution is -2.04. The average molecular weight is 251 g/mol. The Balaban J connectivity index is 2.13. The number of rotatable bonds is 4. The summed E-state index contributed by atoms with van der Waals surface area (Å²) in [6.07, 6.45) is 1.63. The van der Waals surface area contributed by atoms with Crippen LogP contribution < -0.4 is 15.8 Å². The maximum atomic E-state index is 13.3. The van der Waals surface area contributed by atoms with E-state index in [0.717, 1.165) is 5.76 Å². The van der Waals surface area contributed by atoms with Crippen LogP contribution in [-0.4, -0.2) is 12.1 Å². The summed E-state index contributed by atoms with van der Waals surface area (Å²) in [5.74, 6) is 0.912. The van der Waals surface area contributed by atoms with E-state index in [1.54, 1.807) is 6.20 Å². The van der Waals surface area contributed by atoms with Crippen LogP contribution in [-0.2, 0) is 6.54 Å². The predicted molar refractivity (Wildman–Crippen MR) is 65.9 cm³/mol. The van der Waals surface area contributed by atoms with E-state index in [4.69, 9.17) is 14.9 Å². The summed E-state index contributed by atoms with van der Waals surface area (Å²) in [6, 6.07) is 2.71. The highest BCUT2D eigenvalue weighted by molar-refractivity contribution is 5.68. The zero-order chi connectivity index (χ0) is 13.1. The third-order valence-corrected chi connectivity index (χ3v) is 2.42. The number of ether oxygens (including phenoxy) is 1. The van der Waals surface area contributed by atoms with Crippen LogP contribution in [0.1, 0.15) is 11.7 Å². The Labute approximate surface area is 104 Å². The molecule has 1 aromatic heterocycles. The van der Waals surface area contributed by atoms with Gasteiger partial charge in [-0.15, -0.1) is 0 Å². The molecule has 0 radical (unpaired) electrons. The van der Waals surface area contributed by atoms with Gasteiger partial charge in [-0.2, -0.15) is 0 Å². The molecule has 0 fully saturated rings. The quantitative estimate of drug-likeness (QED) is 0.816. The van der Waals surface area contributed by atoms with Gasteiger partial charge in [-0.25, -0.2) is 9.37 Å². The molecular formula is C12H14FN3O2. The molecule has 2 aromatic rings. The summed E-state index contributed by atoms with van der Waals surface area (Å²) >= 11 is 0. The zero-order valence-corrected chi connectivity index (χ0v) is 10.2. The molecule has 1 aromatic carbocycles. The van der Waals surface area contributed by atoms with Crippen molar-refractivity contribution in [3.63, 3.8) is 0 Å². The number of anilines is 2. The molecule has 1 heterocycles. The molecule has 0 saturated heterocycles. The second-order valence-corrected chi connectivity index (χ2v) is 3.79. The number of hydrogen-bond donors (Lipinski definition) is 2. The smallest absolute Gasteiger partial charge is 0.213 e. The van der Waals surface area contributed by atoms with E-state index in [1.165, 1.54) is 19.2 Å². The van der Waals surface area contributed by atoms with Gasteiger partial charge in [0.25, 0.3) is 0 Å². The number of methoxy groups -OCH3 is 1. The van der Waals surface area contributed by atoms with E-state index in [1.807, 2.05) is 6.92 Å². The molecule has 0 amide bonds. The van der Waals surface area contributed by atoms with Crippen molar-refractivity contribution in [2.45, 2.75) is 13.5 Å². The molecule has 2 rings (SSSR count). The summed E-state index contributed by atoms with van der Waals surface area (Å²) < 4.78 is 23.5. The maximum absolute atomic E-state index is 13.3. The van der Waals surface area contributed by atoms with Crippen LogP contribution in [0.4, 0.5) is 15.8 Å². The minimum atomic E-state index is -0.493. The predicted octanol–water partition coefficient (Wildman–Crippen LogP) is 2.33. The van der Waals surface area contributed by atoms with Crippen LogP contribution in [0.5, 0.6) is 5.75 Å². The zero-order valence-electron chi connectivity index (χ0n) is 10.2. The van der Waals surface area contributed by atoms with Crippen molar-refractivity contribution in [1.82, 2.24) is 4.98 Å². The highest BCUT2D eigenvalue weighted by Crippen LogP contribution is 2.28. The first-order valence-electron chi connectivity index (χ1n) is 5.38. The summed E-state index contributed by atoms with van der Waals surface area (Å²) in [7, 11) is 1.40. The van der Waals surface area contributed by atoms with Crippen molar-refractivity contribution in [3.8, 4) is 5.75 Å². The van der Waals surface area contributed by atoms with E-state index in [9.17, 15) is 4.39 Å². The standard InChI is InChI=1S/C12H14FN3O2/c1-7-5-16-12(18-7)6-15-10-4-11(17-2)8(13)3-9(10)14/h3-5,15H,6,14H2,1-2H3. The molecule has 96 valence electrons. The van der Waals surface area contributed by atoms with Gasteiger partial charge >= 0.3 is 0 Å². The van der Waals surface area contributed by atoms with Crippen LogP contribution in [0.3, 0.4) is 0 Å². The summed E-state index contributed by atoms with van der Waals surface area (Å²) in [4.78, 5) is 4.05. The Morgan fingerprint density at radius 3 is 2.89 bits per heavy atom. The lowest BCUT2D eigenvalue weighted by Gasteiger charge is -2.10. The van der Waals surface area contributed by atoms with Gasteiger partial charge in [-0.1, -0.05) is 0 Å². The topological polar surface area (TPSA) is 73.3 Å². The van der Waals surface area contributed by atoms with Crippen LogP contribution >= 0.6 is 0 Å². The fraction of sp³-hybridized carbons (Fsp3) is 0.250. The first kappa shape index (κ1) is 12.2. The van der Waals surface area contributed by atoms with Crippen LogP contribution in [0.15, 0.2) is 22.7 Å². The number of hydrogen-bond acceptors (Lipinski definition) is 5. The Bertz CT molecular complexity index is 554. The first-order chi connectivity index (χ1) is 8.60. The summed E-state index contributed by atoms with van der Waals surface area (Å²) in [5, 5.41) is 3.02. The maximum Gasteiger partial charge on any atom is 0.213 e. The number of aromatic nitrogens is 1. The molecule has 3 N–H and O–H groups in total. The molecule has 0 aliphatic carbocycles. The third-order valence-electron chi connectivity index (χ3n) is 2.42. The van der Waals surface area contributed by atoms with Crippen molar-refractivity contribution in [1.29, 1.82) is 0 Å². The minimum absolute atomic E-state index is 0.135. The number of halogens is 1. The van der Waals surface area contributed by atoms with Gasteiger partial charge in [0.15, 0.2) is 11.6 Å². The average Bonchev–Trinajstić information content (AvgIpc) is 2.74.